The van der Waals surface area contributed by atoms with E-state index in [1.807, 2.05) is 0 Å². The van der Waals surface area contributed by atoms with Crippen molar-refractivity contribution in [1.82, 2.24) is 5.43 Å². The third-order valence-corrected chi connectivity index (χ3v) is 2.23. The van der Waals surface area contributed by atoms with Crippen LogP contribution in [0.25, 0.3) is 0 Å². The van der Waals surface area contributed by atoms with Gasteiger partial charge in [0.1, 0.15) is 0 Å². The lowest BCUT2D eigenvalue weighted by Gasteiger charge is -2.17. The lowest BCUT2D eigenvalue weighted by atomic mass is 10.1. The summed E-state index contributed by atoms with van der Waals surface area (Å²) in [4.78, 5) is 0. The number of hydrazine groups is 1. The molecule has 0 rings (SSSR count). The summed E-state index contributed by atoms with van der Waals surface area (Å²) in [5.74, 6) is 5.41. The van der Waals surface area contributed by atoms with Crippen LogP contribution in [0.5, 0.6) is 0 Å². The molecule has 0 saturated heterocycles. The van der Waals surface area contributed by atoms with Gasteiger partial charge in [-0.15, -0.1) is 0 Å². The standard InChI is InChI=1S/C10H24N2O2/c1-4-7-14-8-10(12-11)6-5-9(2)13-3/h9-10,12H,4-8,11H2,1-3H3. The Morgan fingerprint density at radius 3 is 2.57 bits per heavy atom. The molecule has 14 heavy (non-hydrogen) atoms. The van der Waals surface area contributed by atoms with Gasteiger partial charge < -0.3 is 9.47 Å². The molecule has 0 aliphatic heterocycles. The predicted molar refractivity (Wildman–Crippen MR) is 57.9 cm³/mol. The highest BCUT2D eigenvalue weighted by atomic mass is 16.5. The number of nitrogens with two attached hydrogens (primary N) is 1. The number of hydrogen-bond acceptors (Lipinski definition) is 4. The molecule has 86 valence electrons. The molecular formula is C10H24N2O2. The van der Waals surface area contributed by atoms with Crippen molar-refractivity contribution in [3.05, 3.63) is 0 Å². The van der Waals surface area contributed by atoms with E-state index in [9.17, 15) is 0 Å². The first-order valence-electron chi connectivity index (χ1n) is 5.31. The molecule has 0 fully saturated rings. The summed E-state index contributed by atoms with van der Waals surface area (Å²) in [6, 6.07) is 0.235. The molecule has 3 N–H and O–H groups in total. The molecule has 0 aromatic heterocycles. The van der Waals surface area contributed by atoms with Crippen LogP contribution in [0.1, 0.15) is 33.1 Å². The number of methoxy groups -OCH3 is 1. The predicted octanol–water partition coefficient (Wildman–Crippen LogP) is 1.06. The summed E-state index contributed by atoms with van der Waals surface area (Å²) < 4.78 is 10.6. The maximum absolute atomic E-state index is 5.42. The van der Waals surface area contributed by atoms with E-state index >= 15 is 0 Å². The van der Waals surface area contributed by atoms with Gasteiger partial charge in [0.2, 0.25) is 0 Å². The summed E-state index contributed by atoms with van der Waals surface area (Å²) in [6.45, 7) is 5.64. The molecule has 0 aromatic carbocycles. The summed E-state index contributed by atoms with van der Waals surface area (Å²) in [5.41, 5.74) is 2.76. The monoisotopic (exact) mass is 204 g/mol. The van der Waals surface area contributed by atoms with Crippen molar-refractivity contribution in [2.24, 2.45) is 5.84 Å². The Labute approximate surface area is 87.1 Å². The maximum Gasteiger partial charge on any atom is 0.0633 e. The van der Waals surface area contributed by atoms with Crippen LogP contribution in [0.3, 0.4) is 0 Å². The first-order valence-corrected chi connectivity index (χ1v) is 5.31. The number of hydrogen-bond donors (Lipinski definition) is 2. The molecule has 0 aliphatic rings. The molecule has 0 aromatic rings. The van der Waals surface area contributed by atoms with Crippen molar-refractivity contribution in [2.45, 2.75) is 45.3 Å². The fourth-order valence-electron chi connectivity index (χ4n) is 1.14. The van der Waals surface area contributed by atoms with E-state index in [0.717, 1.165) is 25.9 Å². The molecular weight excluding hydrogens is 180 g/mol. The van der Waals surface area contributed by atoms with E-state index in [0.29, 0.717) is 6.61 Å². The van der Waals surface area contributed by atoms with Crippen LogP contribution in [-0.4, -0.2) is 32.5 Å². The van der Waals surface area contributed by atoms with E-state index in [-0.39, 0.29) is 12.1 Å². The average molecular weight is 204 g/mol. The fourth-order valence-corrected chi connectivity index (χ4v) is 1.14. The molecule has 0 radical (unpaired) electrons. The van der Waals surface area contributed by atoms with E-state index in [2.05, 4.69) is 19.3 Å². The third-order valence-electron chi connectivity index (χ3n) is 2.23. The van der Waals surface area contributed by atoms with Gasteiger partial charge in [0.15, 0.2) is 0 Å². The van der Waals surface area contributed by atoms with Crippen molar-refractivity contribution in [1.29, 1.82) is 0 Å². The molecule has 4 nitrogen and oxygen atoms in total. The van der Waals surface area contributed by atoms with Crippen LogP contribution in [0, 0.1) is 0 Å². The second-order valence-corrected chi connectivity index (χ2v) is 3.56. The third kappa shape index (κ3) is 7.26. The molecule has 0 amide bonds. The van der Waals surface area contributed by atoms with Crippen LogP contribution in [0.4, 0.5) is 0 Å². The Morgan fingerprint density at radius 1 is 1.36 bits per heavy atom. The summed E-state index contributed by atoms with van der Waals surface area (Å²) in [6.07, 6.45) is 3.32. The van der Waals surface area contributed by atoms with Gasteiger partial charge in [-0.3, -0.25) is 11.3 Å². The Bertz CT molecular complexity index is 123. The second kappa shape index (κ2) is 9.40. The molecule has 2 atom stereocenters. The molecule has 0 aliphatic carbocycles. The Morgan fingerprint density at radius 2 is 2.07 bits per heavy atom. The normalized spacial score (nSPS) is 15.4. The van der Waals surface area contributed by atoms with Crippen LogP contribution < -0.4 is 11.3 Å². The molecule has 0 spiro atoms. The summed E-state index contributed by atoms with van der Waals surface area (Å²) in [5, 5.41) is 0. The van der Waals surface area contributed by atoms with Gasteiger partial charge in [0.25, 0.3) is 0 Å². The Kier molecular flexibility index (Phi) is 9.29. The first kappa shape index (κ1) is 13.8. The average Bonchev–Trinajstić information content (AvgIpc) is 2.22. The molecule has 4 heteroatoms. The highest BCUT2D eigenvalue weighted by Crippen LogP contribution is 2.04. The first-order chi connectivity index (χ1) is 6.74. The van der Waals surface area contributed by atoms with Gasteiger partial charge in [-0.1, -0.05) is 6.92 Å². The second-order valence-electron chi connectivity index (χ2n) is 3.56. The van der Waals surface area contributed by atoms with E-state index in [1.165, 1.54) is 0 Å². The lowest BCUT2D eigenvalue weighted by molar-refractivity contribution is 0.0851. The van der Waals surface area contributed by atoms with Gasteiger partial charge in [0.05, 0.1) is 12.7 Å². The van der Waals surface area contributed by atoms with Gasteiger partial charge in [0, 0.05) is 19.8 Å². The zero-order valence-electron chi connectivity index (χ0n) is 9.58. The minimum absolute atomic E-state index is 0.235. The SMILES string of the molecule is CCCOCC(CCC(C)OC)NN. The van der Waals surface area contributed by atoms with Crippen molar-refractivity contribution >= 4 is 0 Å². The maximum atomic E-state index is 5.42. The molecule has 0 saturated carbocycles. The lowest BCUT2D eigenvalue weighted by Crippen LogP contribution is -2.39. The van der Waals surface area contributed by atoms with Gasteiger partial charge >= 0.3 is 0 Å². The van der Waals surface area contributed by atoms with Crippen molar-refractivity contribution < 1.29 is 9.47 Å². The quantitative estimate of drug-likeness (QED) is 0.335. The van der Waals surface area contributed by atoms with Crippen LogP contribution >= 0.6 is 0 Å². The highest BCUT2D eigenvalue weighted by molar-refractivity contribution is 4.64. The fraction of sp³-hybridized carbons (Fsp3) is 1.00. The van der Waals surface area contributed by atoms with Crippen LogP contribution in [0.2, 0.25) is 0 Å². The van der Waals surface area contributed by atoms with Crippen molar-refractivity contribution in [2.75, 3.05) is 20.3 Å². The van der Waals surface area contributed by atoms with Gasteiger partial charge in [-0.05, 0) is 26.2 Å². The van der Waals surface area contributed by atoms with Crippen molar-refractivity contribution in [3.8, 4) is 0 Å². The Balaban J connectivity index is 3.47. The number of rotatable bonds is 9. The van der Waals surface area contributed by atoms with E-state index in [1.54, 1.807) is 7.11 Å². The highest BCUT2D eigenvalue weighted by Gasteiger charge is 2.08. The van der Waals surface area contributed by atoms with Crippen LogP contribution in [-0.2, 0) is 9.47 Å². The largest absolute Gasteiger partial charge is 0.382 e. The summed E-state index contributed by atoms with van der Waals surface area (Å²) in [7, 11) is 1.73. The molecule has 2 unspecified atom stereocenters. The number of nitrogens with one attached hydrogen (secondary N) is 1. The van der Waals surface area contributed by atoms with Gasteiger partial charge in [-0.2, -0.15) is 0 Å². The topological polar surface area (TPSA) is 56.5 Å². The minimum Gasteiger partial charge on any atom is -0.382 e. The Hall–Kier alpha value is -0.160. The zero-order valence-corrected chi connectivity index (χ0v) is 9.58. The van der Waals surface area contributed by atoms with Gasteiger partial charge in [-0.25, -0.2) is 0 Å². The van der Waals surface area contributed by atoms with Crippen LogP contribution in [0.15, 0.2) is 0 Å². The summed E-state index contributed by atoms with van der Waals surface area (Å²) >= 11 is 0. The number of ether oxygens (including phenoxy) is 2. The molecule has 0 bridgehead atoms. The van der Waals surface area contributed by atoms with E-state index < -0.39 is 0 Å². The zero-order chi connectivity index (χ0) is 10.8. The van der Waals surface area contributed by atoms with Crippen molar-refractivity contribution in [3.63, 3.8) is 0 Å². The smallest absolute Gasteiger partial charge is 0.0633 e. The molecule has 0 heterocycles. The van der Waals surface area contributed by atoms with E-state index in [4.69, 9.17) is 15.3 Å². The minimum atomic E-state index is 0.235.